The lowest BCUT2D eigenvalue weighted by atomic mass is 10.3. The van der Waals surface area contributed by atoms with Crippen molar-refractivity contribution in [3.63, 3.8) is 0 Å². The number of rotatable bonds is 4. The van der Waals surface area contributed by atoms with Crippen molar-refractivity contribution in [3.8, 4) is 0 Å². The maximum atomic E-state index is 11.3. The van der Waals surface area contributed by atoms with Crippen molar-refractivity contribution < 1.29 is 4.79 Å². The molecule has 0 unspecified atom stereocenters. The minimum absolute atomic E-state index is 0.214. The zero-order chi connectivity index (χ0) is 11.1. The van der Waals surface area contributed by atoms with Crippen molar-refractivity contribution in [1.82, 2.24) is 10.3 Å². The molecule has 0 fully saturated rings. The third kappa shape index (κ3) is 4.78. The molecule has 15 heavy (non-hydrogen) atoms. The Hall–Kier alpha value is -1.10. The number of halogens is 1. The first-order valence-corrected chi connectivity index (χ1v) is 5.69. The highest BCUT2D eigenvalue weighted by molar-refractivity contribution is 9.10. The van der Waals surface area contributed by atoms with Gasteiger partial charge in [0.05, 0.1) is 0 Å². The maximum absolute atomic E-state index is 11.3. The highest BCUT2D eigenvalue weighted by Gasteiger charge is 2.01. The Bertz CT molecular complexity index is 330. The minimum Gasteiger partial charge on any atom is -0.338 e. The molecule has 0 aliphatic carbocycles. The molecule has 0 spiro atoms. The fourth-order valence-corrected chi connectivity index (χ4v) is 1.36. The standard InChI is InChI=1S/C10H14BrN3O/c1-2-3-7-12-10(15)14-9-6-4-5-8(11)13-9/h4-6H,2-3,7H2,1H3,(H2,12,13,14,15). The Morgan fingerprint density at radius 3 is 3.00 bits per heavy atom. The van der Waals surface area contributed by atoms with Gasteiger partial charge < -0.3 is 5.32 Å². The molecule has 82 valence electrons. The minimum atomic E-state index is -0.214. The summed E-state index contributed by atoms with van der Waals surface area (Å²) in [5.74, 6) is 0.540. The number of nitrogens with one attached hydrogen (secondary N) is 2. The molecular formula is C10H14BrN3O. The van der Waals surface area contributed by atoms with Gasteiger partial charge in [0.15, 0.2) is 0 Å². The number of hydrogen-bond donors (Lipinski definition) is 2. The van der Waals surface area contributed by atoms with Gasteiger partial charge in [-0.1, -0.05) is 19.4 Å². The summed E-state index contributed by atoms with van der Waals surface area (Å²) in [6.45, 7) is 2.77. The normalized spacial score (nSPS) is 9.73. The second-order valence-electron chi connectivity index (χ2n) is 3.08. The first-order chi connectivity index (χ1) is 7.22. The number of urea groups is 1. The number of carbonyl (C=O) groups excluding carboxylic acids is 1. The predicted octanol–water partition coefficient (Wildman–Crippen LogP) is 2.77. The summed E-state index contributed by atoms with van der Waals surface area (Å²) in [5, 5.41) is 5.40. The number of pyridine rings is 1. The average molecular weight is 272 g/mol. The van der Waals surface area contributed by atoms with Crippen LogP contribution in [-0.4, -0.2) is 17.6 Å². The van der Waals surface area contributed by atoms with Gasteiger partial charge in [0.25, 0.3) is 0 Å². The van der Waals surface area contributed by atoms with E-state index in [1.807, 2.05) is 6.07 Å². The van der Waals surface area contributed by atoms with E-state index >= 15 is 0 Å². The number of hydrogen-bond acceptors (Lipinski definition) is 2. The molecule has 1 aromatic heterocycles. The van der Waals surface area contributed by atoms with Gasteiger partial charge in [-0.05, 0) is 34.5 Å². The summed E-state index contributed by atoms with van der Waals surface area (Å²) in [6.07, 6.45) is 2.05. The van der Waals surface area contributed by atoms with Crippen molar-refractivity contribution in [2.24, 2.45) is 0 Å². The van der Waals surface area contributed by atoms with Gasteiger partial charge in [0.2, 0.25) is 0 Å². The molecule has 0 aliphatic rings. The molecule has 1 rings (SSSR count). The SMILES string of the molecule is CCCCNC(=O)Nc1cccc(Br)n1. The maximum Gasteiger partial charge on any atom is 0.320 e. The van der Waals surface area contributed by atoms with Gasteiger partial charge in [-0.2, -0.15) is 0 Å². The monoisotopic (exact) mass is 271 g/mol. The van der Waals surface area contributed by atoms with Crippen LogP contribution in [0.2, 0.25) is 0 Å². The summed E-state index contributed by atoms with van der Waals surface area (Å²) in [6, 6.07) is 5.15. The number of nitrogens with zero attached hydrogens (tertiary/aromatic N) is 1. The first kappa shape index (κ1) is 12.0. The Labute approximate surface area is 97.6 Å². The lowest BCUT2D eigenvalue weighted by molar-refractivity contribution is 0.252. The van der Waals surface area contributed by atoms with E-state index in [4.69, 9.17) is 0 Å². The highest BCUT2D eigenvalue weighted by Crippen LogP contribution is 2.09. The van der Waals surface area contributed by atoms with Crippen LogP contribution in [-0.2, 0) is 0 Å². The summed E-state index contributed by atoms with van der Waals surface area (Å²) < 4.78 is 0.703. The van der Waals surface area contributed by atoms with Crippen LogP contribution in [0.3, 0.4) is 0 Å². The van der Waals surface area contributed by atoms with Crippen LogP contribution in [0.1, 0.15) is 19.8 Å². The summed E-state index contributed by atoms with van der Waals surface area (Å²) in [7, 11) is 0. The second-order valence-corrected chi connectivity index (χ2v) is 3.89. The quantitative estimate of drug-likeness (QED) is 0.654. The van der Waals surface area contributed by atoms with Gasteiger partial charge in [-0.15, -0.1) is 0 Å². The van der Waals surface area contributed by atoms with Crippen LogP contribution < -0.4 is 10.6 Å². The van der Waals surface area contributed by atoms with Crippen LogP contribution >= 0.6 is 15.9 Å². The highest BCUT2D eigenvalue weighted by atomic mass is 79.9. The molecule has 0 radical (unpaired) electrons. The topological polar surface area (TPSA) is 54.0 Å². The van der Waals surface area contributed by atoms with E-state index in [9.17, 15) is 4.79 Å². The van der Waals surface area contributed by atoms with E-state index in [1.165, 1.54) is 0 Å². The molecule has 0 aliphatic heterocycles. The molecule has 0 atom stereocenters. The third-order valence-electron chi connectivity index (χ3n) is 1.77. The zero-order valence-corrected chi connectivity index (χ0v) is 10.2. The predicted molar refractivity (Wildman–Crippen MR) is 63.9 cm³/mol. The molecule has 1 heterocycles. The molecular weight excluding hydrogens is 258 g/mol. The molecule has 0 aromatic carbocycles. The summed E-state index contributed by atoms with van der Waals surface area (Å²) in [4.78, 5) is 15.4. The molecule has 5 heteroatoms. The number of anilines is 1. The average Bonchev–Trinajstić information content (AvgIpc) is 2.18. The number of unbranched alkanes of at least 4 members (excludes halogenated alkanes) is 1. The van der Waals surface area contributed by atoms with Crippen molar-refractivity contribution in [2.75, 3.05) is 11.9 Å². The van der Waals surface area contributed by atoms with E-state index in [0.717, 1.165) is 12.8 Å². The Morgan fingerprint density at radius 2 is 2.33 bits per heavy atom. The molecule has 0 saturated heterocycles. The van der Waals surface area contributed by atoms with Gasteiger partial charge in [0, 0.05) is 6.54 Å². The van der Waals surface area contributed by atoms with Crippen molar-refractivity contribution in [2.45, 2.75) is 19.8 Å². The summed E-state index contributed by atoms with van der Waals surface area (Å²) >= 11 is 3.23. The fraction of sp³-hybridized carbons (Fsp3) is 0.400. The smallest absolute Gasteiger partial charge is 0.320 e. The Morgan fingerprint density at radius 1 is 1.53 bits per heavy atom. The molecule has 2 amide bonds. The number of aromatic nitrogens is 1. The first-order valence-electron chi connectivity index (χ1n) is 4.89. The van der Waals surface area contributed by atoms with E-state index in [1.54, 1.807) is 12.1 Å². The van der Waals surface area contributed by atoms with E-state index in [-0.39, 0.29) is 6.03 Å². The molecule has 4 nitrogen and oxygen atoms in total. The van der Waals surface area contributed by atoms with Gasteiger partial charge in [-0.3, -0.25) is 5.32 Å². The van der Waals surface area contributed by atoms with E-state index < -0.39 is 0 Å². The number of amides is 2. The van der Waals surface area contributed by atoms with Crippen molar-refractivity contribution >= 4 is 27.8 Å². The van der Waals surface area contributed by atoms with Crippen LogP contribution in [0.4, 0.5) is 10.6 Å². The zero-order valence-electron chi connectivity index (χ0n) is 8.59. The Balaban J connectivity index is 2.37. The van der Waals surface area contributed by atoms with Crippen LogP contribution in [0.25, 0.3) is 0 Å². The molecule has 1 aromatic rings. The van der Waals surface area contributed by atoms with E-state index in [0.29, 0.717) is 17.0 Å². The lowest BCUT2D eigenvalue weighted by Crippen LogP contribution is -2.29. The second kappa shape index (κ2) is 6.40. The van der Waals surface area contributed by atoms with Crippen molar-refractivity contribution in [1.29, 1.82) is 0 Å². The molecule has 0 bridgehead atoms. The van der Waals surface area contributed by atoms with Crippen LogP contribution in [0.15, 0.2) is 22.8 Å². The van der Waals surface area contributed by atoms with Crippen molar-refractivity contribution in [3.05, 3.63) is 22.8 Å². The van der Waals surface area contributed by atoms with Crippen LogP contribution in [0, 0.1) is 0 Å². The fourth-order valence-electron chi connectivity index (χ4n) is 1.02. The Kier molecular flexibility index (Phi) is 5.10. The summed E-state index contributed by atoms with van der Waals surface area (Å²) in [5.41, 5.74) is 0. The van der Waals surface area contributed by atoms with E-state index in [2.05, 4.69) is 38.5 Å². The van der Waals surface area contributed by atoms with Gasteiger partial charge in [0.1, 0.15) is 10.4 Å². The van der Waals surface area contributed by atoms with Gasteiger partial charge >= 0.3 is 6.03 Å². The molecule has 2 N–H and O–H groups in total. The largest absolute Gasteiger partial charge is 0.338 e. The molecule has 0 saturated carbocycles. The lowest BCUT2D eigenvalue weighted by Gasteiger charge is -2.06. The van der Waals surface area contributed by atoms with Crippen LogP contribution in [0.5, 0.6) is 0 Å². The third-order valence-corrected chi connectivity index (χ3v) is 2.21. The van der Waals surface area contributed by atoms with Gasteiger partial charge in [-0.25, -0.2) is 9.78 Å². The number of carbonyl (C=O) groups is 1.